The average molecular weight is 247 g/mol. The van der Waals surface area contributed by atoms with E-state index in [-0.39, 0.29) is 18.3 Å². The zero-order valence-corrected chi connectivity index (χ0v) is 11.9. The van der Waals surface area contributed by atoms with E-state index in [0.717, 1.165) is 11.0 Å². The molecule has 1 aromatic rings. The Bertz CT molecular complexity index is 441. The topological polar surface area (TPSA) is 44.5 Å². The molecule has 98 valence electrons. The number of benzene rings is 1. The van der Waals surface area contributed by atoms with Crippen LogP contribution in [0.4, 0.5) is 0 Å². The Morgan fingerprint density at radius 2 is 1.67 bits per heavy atom. The largest absolute Gasteiger partial charge is 0.495 e. The fraction of sp³-hybridized carbons (Fsp3) is 0.571. The molecule has 0 spiro atoms. The Kier molecular flexibility index (Phi) is 3.30. The van der Waals surface area contributed by atoms with Gasteiger partial charge < -0.3 is 15.0 Å². The van der Waals surface area contributed by atoms with E-state index >= 15 is 0 Å². The molecule has 0 saturated carbocycles. The van der Waals surface area contributed by atoms with Crippen molar-refractivity contribution in [2.24, 2.45) is 5.73 Å². The van der Waals surface area contributed by atoms with Gasteiger partial charge in [-0.15, -0.1) is 0 Å². The van der Waals surface area contributed by atoms with Crippen LogP contribution in [0, 0.1) is 6.92 Å². The third kappa shape index (κ3) is 2.09. The molecule has 0 aliphatic carbocycles. The molecule has 1 aliphatic heterocycles. The van der Waals surface area contributed by atoms with E-state index < -0.39 is 0 Å². The van der Waals surface area contributed by atoms with Crippen LogP contribution in [0.5, 0.6) is 0 Å². The monoisotopic (exact) mass is 247 g/mol. The molecule has 0 atom stereocenters. The SMILES string of the molecule is Cc1cccc(B2OC(C)(C)C(C)(C)O2)c1CN. The van der Waals surface area contributed by atoms with Gasteiger partial charge in [0.1, 0.15) is 0 Å². The molecule has 0 radical (unpaired) electrons. The van der Waals surface area contributed by atoms with Crippen LogP contribution in [0.3, 0.4) is 0 Å². The molecule has 0 amide bonds. The second-order valence-electron chi connectivity index (χ2n) is 5.94. The summed E-state index contributed by atoms with van der Waals surface area (Å²) in [7, 11) is -0.326. The molecule has 18 heavy (non-hydrogen) atoms. The first-order chi connectivity index (χ1) is 8.28. The van der Waals surface area contributed by atoms with Gasteiger partial charge in [-0.3, -0.25) is 0 Å². The van der Waals surface area contributed by atoms with Crippen LogP contribution < -0.4 is 11.2 Å². The van der Waals surface area contributed by atoms with Crippen molar-refractivity contribution in [3.8, 4) is 0 Å². The maximum Gasteiger partial charge on any atom is 0.495 e. The number of hydrogen-bond acceptors (Lipinski definition) is 3. The minimum absolute atomic E-state index is 0.312. The third-order valence-corrected chi connectivity index (χ3v) is 4.16. The molecule has 2 rings (SSSR count). The lowest BCUT2D eigenvalue weighted by molar-refractivity contribution is 0.00578. The highest BCUT2D eigenvalue weighted by Crippen LogP contribution is 2.36. The molecule has 3 nitrogen and oxygen atoms in total. The summed E-state index contributed by atoms with van der Waals surface area (Å²) in [6.45, 7) is 10.8. The van der Waals surface area contributed by atoms with Crippen LogP contribution >= 0.6 is 0 Å². The molecule has 1 aliphatic rings. The Morgan fingerprint density at radius 1 is 1.11 bits per heavy atom. The highest BCUT2D eigenvalue weighted by atomic mass is 16.7. The quantitative estimate of drug-likeness (QED) is 0.810. The average Bonchev–Trinajstić information content (AvgIpc) is 2.47. The standard InChI is InChI=1S/C14H22BNO2/c1-10-7-6-8-12(11(10)9-16)15-17-13(2,3)14(4,5)18-15/h6-8H,9,16H2,1-5H3. The summed E-state index contributed by atoms with van der Waals surface area (Å²) in [6, 6.07) is 6.13. The van der Waals surface area contributed by atoms with Crippen LogP contribution in [0.15, 0.2) is 18.2 Å². The van der Waals surface area contributed by atoms with Gasteiger partial charge in [0.25, 0.3) is 0 Å². The third-order valence-electron chi connectivity index (χ3n) is 4.16. The van der Waals surface area contributed by atoms with Crippen molar-refractivity contribution >= 4 is 12.6 Å². The van der Waals surface area contributed by atoms with Gasteiger partial charge in [0.2, 0.25) is 0 Å². The maximum atomic E-state index is 6.07. The van der Waals surface area contributed by atoms with Crippen LogP contribution in [0.25, 0.3) is 0 Å². The molecular weight excluding hydrogens is 225 g/mol. The van der Waals surface area contributed by atoms with Crippen molar-refractivity contribution in [3.05, 3.63) is 29.3 Å². The normalized spacial score (nSPS) is 21.3. The Balaban J connectivity index is 2.38. The zero-order chi connectivity index (χ0) is 13.6. The number of aryl methyl sites for hydroxylation is 1. The van der Waals surface area contributed by atoms with Crippen molar-refractivity contribution in [2.75, 3.05) is 0 Å². The van der Waals surface area contributed by atoms with Gasteiger partial charge in [0.05, 0.1) is 11.2 Å². The lowest BCUT2D eigenvalue weighted by atomic mass is 9.75. The molecule has 1 heterocycles. The molecule has 1 aromatic carbocycles. The summed E-state index contributed by atoms with van der Waals surface area (Å²) < 4.78 is 12.1. The lowest BCUT2D eigenvalue weighted by Crippen LogP contribution is -2.41. The summed E-state index contributed by atoms with van der Waals surface area (Å²) in [5, 5.41) is 0. The molecular formula is C14H22BNO2. The van der Waals surface area contributed by atoms with Crippen LogP contribution in [0.1, 0.15) is 38.8 Å². The van der Waals surface area contributed by atoms with Gasteiger partial charge in [-0.1, -0.05) is 18.2 Å². The molecule has 0 aromatic heterocycles. The highest BCUT2D eigenvalue weighted by Gasteiger charge is 2.52. The number of nitrogens with two attached hydrogens (primary N) is 1. The van der Waals surface area contributed by atoms with E-state index in [1.807, 2.05) is 12.1 Å². The van der Waals surface area contributed by atoms with Crippen molar-refractivity contribution in [2.45, 2.75) is 52.4 Å². The van der Waals surface area contributed by atoms with Crippen LogP contribution in [0.2, 0.25) is 0 Å². The summed E-state index contributed by atoms with van der Waals surface area (Å²) >= 11 is 0. The Labute approximate surface area is 110 Å². The first-order valence-electron chi connectivity index (χ1n) is 6.42. The summed E-state index contributed by atoms with van der Waals surface area (Å²) in [5.74, 6) is 0. The maximum absolute atomic E-state index is 6.07. The van der Waals surface area contributed by atoms with Crippen molar-refractivity contribution in [3.63, 3.8) is 0 Å². The van der Waals surface area contributed by atoms with E-state index in [1.165, 1.54) is 5.56 Å². The van der Waals surface area contributed by atoms with E-state index in [2.05, 4.69) is 40.7 Å². The van der Waals surface area contributed by atoms with Gasteiger partial charge in [-0.2, -0.15) is 0 Å². The van der Waals surface area contributed by atoms with E-state index in [4.69, 9.17) is 15.0 Å². The highest BCUT2D eigenvalue weighted by molar-refractivity contribution is 6.62. The molecule has 1 fully saturated rings. The van der Waals surface area contributed by atoms with E-state index in [0.29, 0.717) is 6.54 Å². The van der Waals surface area contributed by atoms with Gasteiger partial charge in [-0.05, 0) is 51.2 Å². The van der Waals surface area contributed by atoms with E-state index in [9.17, 15) is 0 Å². The lowest BCUT2D eigenvalue weighted by Gasteiger charge is -2.32. The molecule has 1 saturated heterocycles. The Hall–Kier alpha value is -0.835. The van der Waals surface area contributed by atoms with E-state index in [1.54, 1.807) is 0 Å². The van der Waals surface area contributed by atoms with Crippen molar-refractivity contribution in [1.82, 2.24) is 0 Å². The van der Waals surface area contributed by atoms with Crippen LogP contribution in [-0.4, -0.2) is 18.3 Å². The van der Waals surface area contributed by atoms with Gasteiger partial charge in [0.15, 0.2) is 0 Å². The fourth-order valence-electron chi connectivity index (χ4n) is 2.19. The Morgan fingerprint density at radius 3 is 2.17 bits per heavy atom. The second kappa shape index (κ2) is 4.37. The minimum Gasteiger partial charge on any atom is -0.399 e. The number of rotatable bonds is 2. The summed E-state index contributed by atoms with van der Waals surface area (Å²) in [6.07, 6.45) is 0. The van der Waals surface area contributed by atoms with Gasteiger partial charge in [-0.25, -0.2) is 0 Å². The number of hydrogen-bond donors (Lipinski definition) is 1. The van der Waals surface area contributed by atoms with Gasteiger partial charge >= 0.3 is 7.12 Å². The minimum atomic E-state index is -0.326. The zero-order valence-electron chi connectivity index (χ0n) is 11.9. The fourth-order valence-corrected chi connectivity index (χ4v) is 2.19. The molecule has 0 bridgehead atoms. The first kappa shape index (κ1) is 13.6. The van der Waals surface area contributed by atoms with Crippen molar-refractivity contribution < 1.29 is 9.31 Å². The molecule has 4 heteroatoms. The molecule has 2 N–H and O–H groups in total. The summed E-state index contributed by atoms with van der Waals surface area (Å²) in [5.41, 5.74) is 8.58. The predicted octanol–water partition coefficient (Wildman–Crippen LogP) is 1.75. The molecule has 0 unspecified atom stereocenters. The first-order valence-corrected chi connectivity index (χ1v) is 6.42. The smallest absolute Gasteiger partial charge is 0.399 e. The second-order valence-corrected chi connectivity index (χ2v) is 5.94. The van der Waals surface area contributed by atoms with Gasteiger partial charge in [0, 0.05) is 6.54 Å². The van der Waals surface area contributed by atoms with Crippen molar-refractivity contribution in [1.29, 1.82) is 0 Å². The van der Waals surface area contributed by atoms with Crippen LogP contribution in [-0.2, 0) is 15.9 Å². The predicted molar refractivity (Wildman–Crippen MR) is 74.8 cm³/mol. The summed E-state index contributed by atoms with van der Waals surface area (Å²) in [4.78, 5) is 0.